The third kappa shape index (κ3) is 2.57. The van der Waals surface area contributed by atoms with Crippen molar-refractivity contribution < 1.29 is 0 Å². The first-order chi connectivity index (χ1) is 9.22. The fourth-order valence-electron chi connectivity index (χ4n) is 1.58. The Morgan fingerprint density at radius 2 is 1.79 bits per heavy atom. The molecule has 3 rings (SSSR count). The van der Waals surface area contributed by atoms with Crippen molar-refractivity contribution in [1.82, 2.24) is 25.2 Å². The highest BCUT2D eigenvalue weighted by atomic mass is 35.5. The summed E-state index contributed by atoms with van der Waals surface area (Å²) in [5.74, 6) is 0.441. The van der Waals surface area contributed by atoms with Gasteiger partial charge in [0.15, 0.2) is 0 Å². The molecule has 0 atom stereocenters. The molecule has 0 aliphatic rings. The molecule has 19 heavy (non-hydrogen) atoms. The van der Waals surface area contributed by atoms with Gasteiger partial charge in [-0.1, -0.05) is 29.3 Å². The molecule has 0 unspecified atom stereocenters. The lowest BCUT2D eigenvalue weighted by Crippen LogP contribution is -1.99. The third-order valence-corrected chi connectivity index (χ3v) is 2.82. The van der Waals surface area contributed by atoms with Gasteiger partial charge in [-0.25, -0.2) is 0 Å². The molecule has 1 aromatic carbocycles. The molecule has 94 valence electrons. The Morgan fingerprint density at radius 3 is 2.47 bits per heavy atom. The first-order valence-electron chi connectivity index (χ1n) is 5.40. The number of hydrogen-bond acceptors (Lipinski definition) is 4. The smallest absolute Gasteiger partial charge is 0.223 e. The lowest BCUT2D eigenvalue weighted by Gasteiger charge is -2.00. The van der Waals surface area contributed by atoms with E-state index in [0.717, 1.165) is 0 Å². The predicted octanol–water partition coefficient (Wildman–Crippen LogP) is 3.03. The van der Waals surface area contributed by atoms with E-state index in [2.05, 4.69) is 20.4 Å². The topological polar surface area (TPSA) is 56.5 Å². The molecule has 0 amide bonds. The molecule has 0 spiro atoms. The van der Waals surface area contributed by atoms with Gasteiger partial charge in [0.05, 0.1) is 5.69 Å². The van der Waals surface area contributed by atoms with E-state index < -0.39 is 0 Å². The van der Waals surface area contributed by atoms with Crippen LogP contribution in [0.3, 0.4) is 0 Å². The fourth-order valence-corrected chi connectivity index (χ4v) is 2.09. The molecule has 2 aromatic heterocycles. The van der Waals surface area contributed by atoms with E-state index in [-0.39, 0.29) is 0 Å². The highest BCUT2D eigenvalue weighted by Gasteiger charge is 2.09. The van der Waals surface area contributed by atoms with E-state index in [0.29, 0.717) is 27.3 Å². The molecule has 3 aromatic rings. The number of rotatable bonds is 2. The second kappa shape index (κ2) is 4.95. The van der Waals surface area contributed by atoms with Gasteiger partial charge in [-0.15, -0.1) is 15.0 Å². The zero-order valence-corrected chi connectivity index (χ0v) is 11.0. The molecule has 0 saturated heterocycles. The monoisotopic (exact) mass is 291 g/mol. The molecule has 0 aliphatic heterocycles. The van der Waals surface area contributed by atoms with Gasteiger partial charge in [0.2, 0.25) is 5.82 Å². The number of nitrogens with zero attached hydrogens (tertiary/aromatic N) is 5. The Kier molecular flexibility index (Phi) is 3.15. The van der Waals surface area contributed by atoms with Gasteiger partial charge in [-0.05, 0) is 35.5 Å². The average Bonchev–Trinajstić information content (AvgIpc) is 2.88. The van der Waals surface area contributed by atoms with E-state index in [1.54, 1.807) is 24.4 Å². The Hall–Kier alpha value is -1.98. The maximum Gasteiger partial charge on any atom is 0.223 e. The lowest BCUT2D eigenvalue weighted by atomic mass is 10.3. The van der Waals surface area contributed by atoms with Crippen molar-refractivity contribution in [2.24, 2.45) is 0 Å². The second-order valence-corrected chi connectivity index (χ2v) is 4.62. The van der Waals surface area contributed by atoms with Crippen LogP contribution in [0.4, 0.5) is 0 Å². The van der Waals surface area contributed by atoms with E-state index in [9.17, 15) is 0 Å². The summed E-state index contributed by atoms with van der Waals surface area (Å²) in [5, 5.41) is 13.2. The molecule has 5 nitrogen and oxygen atoms in total. The lowest BCUT2D eigenvalue weighted by molar-refractivity contribution is 0.720. The average molecular weight is 292 g/mol. The molecule has 0 N–H and O–H groups in total. The molecule has 0 radical (unpaired) electrons. The van der Waals surface area contributed by atoms with Crippen molar-refractivity contribution in [3.63, 3.8) is 0 Å². The first-order valence-corrected chi connectivity index (χ1v) is 6.16. The van der Waals surface area contributed by atoms with Crippen molar-refractivity contribution in [1.29, 1.82) is 0 Å². The summed E-state index contributed by atoms with van der Waals surface area (Å²) < 4.78 is 0. The third-order valence-electron chi connectivity index (χ3n) is 2.39. The van der Waals surface area contributed by atoms with Crippen LogP contribution in [0.5, 0.6) is 0 Å². The summed E-state index contributed by atoms with van der Waals surface area (Å²) in [6.07, 6.45) is 1.67. The van der Waals surface area contributed by atoms with Gasteiger partial charge in [0.1, 0.15) is 5.69 Å². The van der Waals surface area contributed by atoms with Crippen molar-refractivity contribution in [2.75, 3.05) is 0 Å². The van der Waals surface area contributed by atoms with Crippen LogP contribution >= 0.6 is 23.2 Å². The Morgan fingerprint density at radius 1 is 1.00 bits per heavy atom. The Bertz CT molecular complexity index is 691. The van der Waals surface area contributed by atoms with Gasteiger partial charge in [-0.3, -0.25) is 4.98 Å². The summed E-state index contributed by atoms with van der Waals surface area (Å²) >= 11 is 11.9. The van der Waals surface area contributed by atoms with E-state index in [4.69, 9.17) is 23.2 Å². The minimum Gasteiger partial charge on any atom is -0.253 e. The highest BCUT2D eigenvalue weighted by molar-refractivity contribution is 6.34. The molecule has 2 heterocycles. The molecular formula is C12H7Cl2N5. The molecular weight excluding hydrogens is 285 g/mol. The largest absolute Gasteiger partial charge is 0.253 e. The van der Waals surface area contributed by atoms with Crippen LogP contribution in [0.1, 0.15) is 0 Å². The van der Waals surface area contributed by atoms with Crippen molar-refractivity contribution in [3.05, 3.63) is 52.6 Å². The molecule has 0 aliphatic carbocycles. The number of benzene rings is 1. The number of hydrogen-bond donors (Lipinski definition) is 0. The van der Waals surface area contributed by atoms with Crippen molar-refractivity contribution in [2.45, 2.75) is 0 Å². The molecule has 0 saturated carbocycles. The molecule has 0 bridgehead atoms. The summed E-state index contributed by atoms with van der Waals surface area (Å²) in [5.41, 5.74) is 1.30. The van der Waals surface area contributed by atoms with Crippen LogP contribution in [0.2, 0.25) is 10.0 Å². The van der Waals surface area contributed by atoms with Gasteiger partial charge in [0, 0.05) is 16.2 Å². The minimum absolute atomic E-state index is 0.441. The molecule has 0 fully saturated rings. The summed E-state index contributed by atoms with van der Waals surface area (Å²) in [7, 11) is 0. The first kappa shape index (κ1) is 12.1. The molecule has 7 heteroatoms. The van der Waals surface area contributed by atoms with E-state index in [1.807, 2.05) is 18.2 Å². The standard InChI is InChI=1S/C12H7Cl2N5/c13-8-5-9(14)7-10(6-8)19-17-12(16-18-19)11-3-1-2-4-15-11/h1-7H. The SMILES string of the molecule is Clc1cc(Cl)cc(-n2nnc(-c3ccccn3)n2)c1. The van der Waals surface area contributed by atoms with Crippen LogP contribution in [0.15, 0.2) is 42.6 Å². The summed E-state index contributed by atoms with van der Waals surface area (Å²) in [6.45, 7) is 0. The predicted molar refractivity (Wildman–Crippen MR) is 72.4 cm³/mol. The van der Waals surface area contributed by atoms with Crippen molar-refractivity contribution >= 4 is 23.2 Å². The maximum atomic E-state index is 5.94. The number of aromatic nitrogens is 5. The number of tetrazole rings is 1. The zero-order chi connectivity index (χ0) is 13.2. The summed E-state index contributed by atoms with van der Waals surface area (Å²) in [6, 6.07) is 10.5. The van der Waals surface area contributed by atoms with Gasteiger partial charge < -0.3 is 0 Å². The maximum absolute atomic E-state index is 5.94. The van der Waals surface area contributed by atoms with E-state index >= 15 is 0 Å². The number of halogens is 2. The highest BCUT2D eigenvalue weighted by Crippen LogP contribution is 2.21. The van der Waals surface area contributed by atoms with Gasteiger partial charge in [0.25, 0.3) is 0 Å². The van der Waals surface area contributed by atoms with E-state index in [1.165, 1.54) is 4.80 Å². The van der Waals surface area contributed by atoms with Gasteiger partial charge >= 0.3 is 0 Å². The van der Waals surface area contributed by atoms with Gasteiger partial charge in [-0.2, -0.15) is 0 Å². The fraction of sp³-hybridized carbons (Fsp3) is 0. The quantitative estimate of drug-likeness (QED) is 0.728. The minimum atomic E-state index is 0.441. The Balaban J connectivity index is 2.02. The van der Waals surface area contributed by atoms with Crippen LogP contribution in [0, 0.1) is 0 Å². The zero-order valence-electron chi connectivity index (χ0n) is 9.53. The second-order valence-electron chi connectivity index (χ2n) is 3.75. The van der Waals surface area contributed by atoms with Crippen LogP contribution in [0.25, 0.3) is 17.2 Å². The summed E-state index contributed by atoms with van der Waals surface area (Å²) in [4.78, 5) is 5.52. The Labute approximate surface area is 118 Å². The van der Waals surface area contributed by atoms with Crippen LogP contribution in [-0.2, 0) is 0 Å². The van der Waals surface area contributed by atoms with Crippen LogP contribution in [-0.4, -0.2) is 25.2 Å². The normalized spacial score (nSPS) is 10.6. The number of pyridine rings is 1. The van der Waals surface area contributed by atoms with Crippen molar-refractivity contribution in [3.8, 4) is 17.2 Å². The van der Waals surface area contributed by atoms with Crippen LogP contribution < -0.4 is 0 Å².